The van der Waals surface area contributed by atoms with Gasteiger partial charge in [0.1, 0.15) is 0 Å². The van der Waals surface area contributed by atoms with Gasteiger partial charge < -0.3 is 10.1 Å². The summed E-state index contributed by atoms with van der Waals surface area (Å²) in [4.78, 5) is 25.3. The van der Waals surface area contributed by atoms with Gasteiger partial charge in [-0.05, 0) is 29.9 Å². The van der Waals surface area contributed by atoms with Crippen LogP contribution in [0.25, 0.3) is 21.9 Å². The molecular formula is C14H11N3O2S2. The summed E-state index contributed by atoms with van der Waals surface area (Å²) in [5, 5.41) is 9.00. The molecule has 21 heavy (non-hydrogen) atoms. The van der Waals surface area contributed by atoms with Crippen molar-refractivity contribution in [2.45, 2.75) is 12.2 Å². The highest BCUT2D eigenvalue weighted by molar-refractivity contribution is 7.98. The van der Waals surface area contributed by atoms with Gasteiger partial charge in [0.2, 0.25) is 0 Å². The van der Waals surface area contributed by atoms with Crippen molar-refractivity contribution in [3.63, 3.8) is 0 Å². The van der Waals surface area contributed by atoms with E-state index in [0.29, 0.717) is 11.2 Å². The first-order chi connectivity index (χ1) is 10.2. The number of hydrogen-bond donors (Lipinski definition) is 2. The molecule has 0 aromatic carbocycles. The van der Waals surface area contributed by atoms with Crippen LogP contribution in [0.2, 0.25) is 0 Å². The number of rotatable bonds is 2. The Morgan fingerprint density at radius 1 is 1.38 bits per heavy atom. The minimum atomic E-state index is -0.982. The van der Waals surface area contributed by atoms with Gasteiger partial charge in [-0.1, -0.05) is 0 Å². The van der Waals surface area contributed by atoms with Crippen LogP contribution >= 0.6 is 23.1 Å². The van der Waals surface area contributed by atoms with Crippen LogP contribution in [0.4, 0.5) is 0 Å². The molecule has 2 N–H and O–H groups in total. The first kappa shape index (κ1) is 12.8. The molecule has 0 fully saturated rings. The Morgan fingerprint density at radius 3 is 3.10 bits per heavy atom. The highest BCUT2D eigenvalue weighted by Gasteiger charge is 2.17. The Balaban J connectivity index is 1.79. The number of aromatic carboxylic acids is 1. The molecular weight excluding hydrogens is 306 g/mol. The fourth-order valence-corrected chi connectivity index (χ4v) is 4.71. The summed E-state index contributed by atoms with van der Waals surface area (Å²) in [5.74, 6) is 2.03. The molecule has 0 amide bonds. The molecule has 106 valence electrons. The molecule has 1 aliphatic heterocycles. The number of pyridine rings is 1. The number of nitrogens with zero attached hydrogens (tertiary/aromatic N) is 2. The fraction of sp³-hybridized carbons (Fsp3) is 0.214. The van der Waals surface area contributed by atoms with Crippen molar-refractivity contribution >= 4 is 40.2 Å². The molecule has 0 atom stereocenters. The lowest BCUT2D eigenvalue weighted by Gasteiger charge is -2.08. The summed E-state index contributed by atoms with van der Waals surface area (Å²) in [7, 11) is 0. The van der Waals surface area contributed by atoms with Gasteiger partial charge >= 0.3 is 5.97 Å². The average Bonchev–Trinajstić information content (AvgIpc) is 3.09. The molecule has 4 heterocycles. The Morgan fingerprint density at radius 2 is 2.29 bits per heavy atom. The van der Waals surface area contributed by atoms with E-state index in [1.165, 1.54) is 22.4 Å². The van der Waals surface area contributed by atoms with Gasteiger partial charge in [-0.2, -0.15) is 11.8 Å². The lowest BCUT2D eigenvalue weighted by Crippen LogP contribution is -1.96. The van der Waals surface area contributed by atoms with E-state index in [2.05, 4.69) is 21.0 Å². The van der Waals surface area contributed by atoms with Gasteiger partial charge in [-0.25, -0.2) is 14.8 Å². The van der Waals surface area contributed by atoms with Crippen LogP contribution in [0, 0.1) is 0 Å². The fourth-order valence-electron chi connectivity index (χ4n) is 2.40. The van der Waals surface area contributed by atoms with Gasteiger partial charge in [0.25, 0.3) is 0 Å². The second-order valence-corrected chi connectivity index (χ2v) is 7.09. The van der Waals surface area contributed by atoms with E-state index in [-0.39, 0.29) is 5.56 Å². The number of fused-ring (bicyclic) bond motifs is 2. The number of carbonyl (C=O) groups is 1. The summed E-state index contributed by atoms with van der Waals surface area (Å²) in [5.41, 5.74) is 2.77. The number of aromatic amines is 1. The summed E-state index contributed by atoms with van der Waals surface area (Å²) >= 11 is 3.72. The molecule has 3 aromatic heterocycles. The highest BCUT2D eigenvalue weighted by Crippen LogP contribution is 2.36. The predicted molar refractivity (Wildman–Crippen MR) is 84.0 cm³/mol. The van der Waals surface area contributed by atoms with E-state index >= 15 is 0 Å². The molecule has 0 radical (unpaired) electrons. The summed E-state index contributed by atoms with van der Waals surface area (Å²) in [6, 6.07) is 3.76. The van der Waals surface area contributed by atoms with Crippen LogP contribution < -0.4 is 0 Å². The molecule has 4 rings (SSSR count). The van der Waals surface area contributed by atoms with Crippen molar-refractivity contribution in [2.75, 3.05) is 5.75 Å². The number of carboxylic acids is 1. The minimum Gasteiger partial charge on any atom is -0.478 e. The quantitative estimate of drug-likeness (QED) is 0.759. The zero-order valence-electron chi connectivity index (χ0n) is 10.9. The largest absolute Gasteiger partial charge is 0.478 e. The van der Waals surface area contributed by atoms with Crippen molar-refractivity contribution in [3.8, 4) is 10.7 Å². The Kier molecular flexibility index (Phi) is 2.97. The van der Waals surface area contributed by atoms with E-state index in [1.54, 1.807) is 17.4 Å². The van der Waals surface area contributed by atoms with Crippen molar-refractivity contribution in [1.29, 1.82) is 0 Å². The lowest BCUT2D eigenvalue weighted by molar-refractivity contribution is 0.0696. The number of hydrogen-bond acceptors (Lipinski definition) is 5. The second kappa shape index (κ2) is 4.85. The van der Waals surface area contributed by atoms with Gasteiger partial charge in [0.05, 0.1) is 16.0 Å². The van der Waals surface area contributed by atoms with E-state index in [0.717, 1.165) is 22.9 Å². The van der Waals surface area contributed by atoms with Gasteiger partial charge in [-0.3, -0.25) is 0 Å². The average molecular weight is 317 g/mol. The number of imidazole rings is 1. The lowest BCUT2D eigenvalue weighted by atomic mass is 10.2. The standard InChI is InChI=1S/C14H11N3O2S2/c18-14(19)7-3-9-12(15-5-7)17-13(16-9)11-4-8-6-20-2-1-10(8)21-11/h3-5H,1-2,6H2,(H,18,19)(H,15,16,17). The van der Waals surface area contributed by atoms with Crippen LogP contribution in [0.1, 0.15) is 20.8 Å². The van der Waals surface area contributed by atoms with Crippen molar-refractivity contribution in [2.24, 2.45) is 0 Å². The van der Waals surface area contributed by atoms with E-state index < -0.39 is 5.97 Å². The monoisotopic (exact) mass is 317 g/mol. The number of aryl methyl sites for hydroxylation is 1. The van der Waals surface area contributed by atoms with E-state index in [9.17, 15) is 4.79 Å². The summed E-state index contributed by atoms with van der Waals surface area (Å²) < 4.78 is 0. The molecule has 3 aromatic rings. The Labute approximate surface area is 128 Å². The van der Waals surface area contributed by atoms with Crippen molar-refractivity contribution in [3.05, 3.63) is 34.3 Å². The highest BCUT2D eigenvalue weighted by atomic mass is 32.2. The third kappa shape index (κ3) is 2.22. The zero-order valence-corrected chi connectivity index (χ0v) is 12.6. The topological polar surface area (TPSA) is 78.9 Å². The maximum atomic E-state index is 11.0. The second-order valence-electron chi connectivity index (χ2n) is 4.85. The molecule has 1 aliphatic rings. The van der Waals surface area contributed by atoms with Crippen molar-refractivity contribution < 1.29 is 9.90 Å². The third-order valence-corrected chi connectivity index (χ3v) is 5.70. The van der Waals surface area contributed by atoms with Gasteiger partial charge in [-0.15, -0.1) is 11.3 Å². The number of carboxylic acid groups (broad SMARTS) is 1. The van der Waals surface area contributed by atoms with Crippen LogP contribution in [0.5, 0.6) is 0 Å². The molecule has 7 heteroatoms. The molecule has 0 unspecified atom stereocenters. The first-order valence-corrected chi connectivity index (χ1v) is 8.46. The number of H-pyrrole nitrogens is 1. The predicted octanol–water partition coefficient (Wildman–Crippen LogP) is 3.17. The van der Waals surface area contributed by atoms with Crippen LogP contribution in [0.15, 0.2) is 18.3 Å². The van der Waals surface area contributed by atoms with Crippen LogP contribution in [-0.2, 0) is 12.2 Å². The third-order valence-electron chi connectivity index (χ3n) is 3.45. The molecule has 0 spiro atoms. The van der Waals surface area contributed by atoms with Crippen molar-refractivity contribution in [1.82, 2.24) is 15.0 Å². The normalized spacial score (nSPS) is 14.3. The number of aromatic nitrogens is 3. The van der Waals surface area contributed by atoms with E-state index in [4.69, 9.17) is 5.11 Å². The van der Waals surface area contributed by atoms with Crippen LogP contribution in [-0.4, -0.2) is 31.8 Å². The molecule has 0 saturated carbocycles. The van der Waals surface area contributed by atoms with E-state index in [1.807, 2.05) is 11.8 Å². The summed E-state index contributed by atoms with van der Waals surface area (Å²) in [6.07, 6.45) is 2.46. The minimum absolute atomic E-state index is 0.166. The molecule has 5 nitrogen and oxygen atoms in total. The number of thioether (sulfide) groups is 1. The molecule has 0 aliphatic carbocycles. The Bertz CT molecular complexity index is 830. The van der Waals surface area contributed by atoms with Gasteiger partial charge in [0.15, 0.2) is 11.5 Å². The smallest absolute Gasteiger partial charge is 0.337 e. The van der Waals surface area contributed by atoms with Gasteiger partial charge in [0, 0.05) is 16.8 Å². The number of thiophene rings is 1. The maximum Gasteiger partial charge on any atom is 0.337 e. The first-order valence-electron chi connectivity index (χ1n) is 6.49. The summed E-state index contributed by atoms with van der Waals surface area (Å²) in [6.45, 7) is 0. The molecule has 0 saturated heterocycles. The molecule has 0 bridgehead atoms. The Hall–Kier alpha value is -1.86. The maximum absolute atomic E-state index is 11.0. The van der Waals surface area contributed by atoms with Crippen LogP contribution in [0.3, 0.4) is 0 Å². The zero-order chi connectivity index (χ0) is 14.4. The SMILES string of the molecule is O=C(O)c1cnc2nc(-c3cc4c(s3)CCSC4)[nH]c2c1. The number of nitrogens with one attached hydrogen (secondary N) is 1.